The van der Waals surface area contributed by atoms with Gasteiger partial charge < -0.3 is 10.6 Å². The van der Waals surface area contributed by atoms with Crippen LogP contribution in [0.25, 0.3) is 0 Å². The van der Waals surface area contributed by atoms with Gasteiger partial charge in [-0.3, -0.25) is 9.69 Å². The molecule has 1 aromatic rings. The molecule has 24 heavy (non-hydrogen) atoms. The number of piperidine rings is 2. The standard InChI is InChI=1S/C18H27N3O.2ClH/c22-18(20-17-9-4-10-19-12-17)16-8-5-11-21(14-16)13-15-6-2-1-3-7-15;;/h1-3,6-7,16-17,19H,4-5,8-14H2,(H,20,22);2*1H. The predicted molar refractivity (Wildman–Crippen MR) is 103 cm³/mol. The molecule has 0 aliphatic carbocycles. The second kappa shape index (κ2) is 10.9. The van der Waals surface area contributed by atoms with E-state index in [0.717, 1.165) is 58.4 Å². The van der Waals surface area contributed by atoms with Gasteiger partial charge in [-0.2, -0.15) is 0 Å². The van der Waals surface area contributed by atoms with Gasteiger partial charge in [-0.25, -0.2) is 0 Å². The van der Waals surface area contributed by atoms with E-state index in [4.69, 9.17) is 0 Å². The zero-order valence-corrected chi connectivity index (χ0v) is 15.7. The highest BCUT2D eigenvalue weighted by Crippen LogP contribution is 2.19. The first-order chi connectivity index (χ1) is 10.8. The van der Waals surface area contributed by atoms with Crippen molar-refractivity contribution < 1.29 is 4.79 Å². The molecule has 6 heteroatoms. The van der Waals surface area contributed by atoms with E-state index in [2.05, 4.69) is 39.8 Å². The second-order valence-electron chi connectivity index (χ2n) is 6.61. The minimum atomic E-state index is 0. The topological polar surface area (TPSA) is 44.4 Å². The molecule has 2 unspecified atom stereocenters. The number of halogens is 2. The Kier molecular flexibility index (Phi) is 9.67. The summed E-state index contributed by atoms with van der Waals surface area (Å²) in [5.74, 6) is 0.408. The van der Waals surface area contributed by atoms with Crippen LogP contribution in [0.3, 0.4) is 0 Å². The van der Waals surface area contributed by atoms with Crippen LogP contribution in [0.5, 0.6) is 0 Å². The van der Waals surface area contributed by atoms with E-state index in [-0.39, 0.29) is 36.6 Å². The van der Waals surface area contributed by atoms with Crippen molar-refractivity contribution in [1.82, 2.24) is 15.5 Å². The Morgan fingerprint density at radius 3 is 2.67 bits per heavy atom. The highest BCUT2D eigenvalue weighted by atomic mass is 35.5. The van der Waals surface area contributed by atoms with Crippen LogP contribution in [0.15, 0.2) is 30.3 Å². The van der Waals surface area contributed by atoms with Crippen LogP contribution in [-0.2, 0) is 11.3 Å². The molecule has 2 aliphatic rings. The minimum Gasteiger partial charge on any atom is -0.352 e. The zero-order chi connectivity index (χ0) is 15.2. The van der Waals surface area contributed by atoms with E-state index in [0.29, 0.717) is 6.04 Å². The Labute approximate surface area is 157 Å². The van der Waals surface area contributed by atoms with Gasteiger partial charge in [0.2, 0.25) is 5.91 Å². The summed E-state index contributed by atoms with van der Waals surface area (Å²) < 4.78 is 0. The van der Waals surface area contributed by atoms with Gasteiger partial charge in [0.1, 0.15) is 0 Å². The first kappa shape index (κ1) is 21.2. The molecule has 1 amide bonds. The summed E-state index contributed by atoms with van der Waals surface area (Å²) in [7, 11) is 0. The lowest BCUT2D eigenvalue weighted by atomic mass is 9.95. The lowest BCUT2D eigenvalue weighted by Gasteiger charge is -2.33. The van der Waals surface area contributed by atoms with Crippen LogP contribution < -0.4 is 10.6 Å². The van der Waals surface area contributed by atoms with Crippen molar-refractivity contribution in [2.45, 2.75) is 38.3 Å². The molecule has 4 nitrogen and oxygen atoms in total. The molecule has 2 aliphatic heterocycles. The molecule has 2 heterocycles. The molecule has 0 radical (unpaired) electrons. The normalized spacial score (nSPS) is 24.3. The highest BCUT2D eigenvalue weighted by Gasteiger charge is 2.27. The van der Waals surface area contributed by atoms with Crippen molar-refractivity contribution in [2.24, 2.45) is 5.92 Å². The van der Waals surface area contributed by atoms with E-state index >= 15 is 0 Å². The molecule has 136 valence electrons. The Morgan fingerprint density at radius 2 is 1.96 bits per heavy atom. The number of nitrogens with one attached hydrogen (secondary N) is 2. The van der Waals surface area contributed by atoms with Crippen molar-refractivity contribution in [3.05, 3.63) is 35.9 Å². The molecule has 1 aromatic carbocycles. The van der Waals surface area contributed by atoms with Crippen molar-refractivity contribution >= 4 is 30.7 Å². The fraction of sp³-hybridized carbons (Fsp3) is 0.611. The largest absolute Gasteiger partial charge is 0.352 e. The van der Waals surface area contributed by atoms with Gasteiger partial charge in [0.05, 0.1) is 5.92 Å². The summed E-state index contributed by atoms with van der Waals surface area (Å²) in [6.45, 7) is 4.95. The van der Waals surface area contributed by atoms with Gasteiger partial charge in [0.25, 0.3) is 0 Å². The molecular weight excluding hydrogens is 345 g/mol. The highest BCUT2D eigenvalue weighted by molar-refractivity contribution is 5.85. The average Bonchev–Trinajstić information content (AvgIpc) is 2.57. The smallest absolute Gasteiger partial charge is 0.224 e. The molecular formula is C18H29Cl2N3O. The van der Waals surface area contributed by atoms with Gasteiger partial charge >= 0.3 is 0 Å². The monoisotopic (exact) mass is 373 g/mol. The molecule has 0 bridgehead atoms. The average molecular weight is 374 g/mol. The lowest BCUT2D eigenvalue weighted by molar-refractivity contribution is -0.127. The van der Waals surface area contributed by atoms with E-state index in [1.807, 2.05) is 6.07 Å². The number of rotatable bonds is 4. The minimum absolute atomic E-state index is 0. The van der Waals surface area contributed by atoms with Gasteiger partial charge in [-0.05, 0) is 44.3 Å². The Hall–Kier alpha value is -0.810. The molecule has 0 saturated carbocycles. The SMILES string of the molecule is Cl.Cl.O=C(NC1CCCNC1)C1CCCN(Cc2ccccc2)C1. The Balaban J connectivity index is 0.00000144. The summed E-state index contributed by atoms with van der Waals surface area (Å²) in [6, 6.07) is 10.9. The van der Waals surface area contributed by atoms with Crippen LogP contribution in [0.2, 0.25) is 0 Å². The zero-order valence-electron chi connectivity index (χ0n) is 14.1. The number of hydrogen-bond donors (Lipinski definition) is 2. The van der Waals surface area contributed by atoms with E-state index < -0.39 is 0 Å². The van der Waals surface area contributed by atoms with Gasteiger partial charge in [0, 0.05) is 25.7 Å². The maximum atomic E-state index is 12.5. The van der Waals surface area contributed by atoms with E-state index in [1.165, 1.54) is 5.56 Å². The summed E-state index contributed by atoms with van der Waals surface area (Å²) in [4.78, 5) is 14.9. The van der Waals surface area contributed by atoms with E-state index in [9.17, 15) is 4.79 Å². The molecule has 0 spiro atoms. The number of likely N-dealkylation sites (tertiary alicyclic amines) is 1. The summed E-state index contributed by atoms with van der Waals surface area (Å²) in [5.41, 5.74) is 1.33. The number of nitrogens with zero attached hydrogens (tertiary/aromatic N) is 1. The van der Waals surface area contributed by atoms with E-state index in [1.54, 1.807) is 0 Å². The molecule has 2 fully saturated rings. The number of carbonyl (C=O) groups excluding carboxylic acids is 1. The van der Waals surface area contributed by atoms with Crippen molar-refractivity contribution in [1.29, 1.82) is 0 Å². The summed E-state index contributed by atoms with van der Waals surface area (Å²) >= 11 is 0. The van der Waals surface area contributed by atoms with Gasteiger partial charge in [-0.1, -0.05) is 30.3 Å². The molecule has 0 aromatic heterocycles. The number of hydrogen-bond acceptors (Lipinski definition) is 3. The van der Waals surface area contributed by atoms with Crippen LogP contribution in [0, 0.1) is 5.92 Å². The quantitative estimate of drug-likeness (QED) is 0.852. The Morgan fingerprint density at radius 1 is 1.17 bits per heavy atom. The molecule has 2 N–H and O–H groups in total. The third-order valence-electron chi connectivity index (χ3n) is 4.77. The van der Waals surface area contributed by atoms with Crippen molar-refractivity contribution in [3.8, 4) is 0 Å². The van der Waals surface area contributed by atoms with Crippen molar-refractivity contribution in [3.63, 3.8) is 0 Å². The lowest BCUT2D eigenvalue weighted by Crippen LogP contribution is -2.50. The molecule has 3 rings (SSSR count). The van der Waals surface area contributed by atoms with Crippen molar-refractivity contribution in [2.75, 3.05) is 26.2 Å². The summed E-state index contributed by atoms with van der Waals surface area (Å²) in [6.07, 6.45) is 4.42. The van der Waals surface area contributed by atoms with Crippen LogP contribution in [-0.4, -0.2) is 43.0 Å². The summed E-state index contributed by atoms with van der Waals surface area (Å²) in [5, 5.41) is 6.60. The van der Waals surface area contributed by atoms with Gasteiger partial charge in [0.15, 0.2) is 0 Å². The van der Waals surface area contributed by atoms with Gasteiger partial charge in [-0.15, -0.1) is 24.8 Å². The first-order valence-corrected chi connectivity index (χ1v) is 8.58. The third kappa shape index (κ3) is 6.25. The second-order valence-corrected chi connectivity index (χ2v) is 6.61. The third-order valence-corrected chi connectivity index (χ3v) is 4.77. The predicted octanol–water partition coefficient (Wildman–Crippen LogP) is 2.61. The number of carbonyl (C=O) groups is 1. The maximum absolute atomic E-state index is 12.5. The molecule has 2 saturated heterocycles. The Bertz CT molecular complexity index is 480. The fourth-order valence-corrected chi connectivity index (χ4v) is 3.55. The van der Waals surface area contributed by atoms with Crippen LogP contribution in [0.4, 0.5) is 0 Å². The molecule has 2 atom stereocenters. The fourth-order valence-electron chi connectivity index (χ4n) is 3.55. The maximum Gasteiger partial charge on any atom is 0.224 e. The van der Waals surface area contributed by atoms with Crippen LogP contribution >= 0.6 is 24.8 Å². The number of benzene rings is 1. The first-order valence-electron chi connectivity index (χ1n) is 8.58. The number of amides is 1. The van der Waals surface area contributed by atoms with Crippen LogP contribution in [0.1, 0.15) is 31.2 Å².